The third kappa shape index (κ3) is 2.19. The van der Waals surface area contributed by atoms with Crippen molar-refractivity contribution in [3.8, 4) is 0 Å². The number of aliphatic carboxylic acids is 1. The molecule has 0 bridgehead atoms. The van der Waals surface area contributed by atoms with Gasteiger partial charge in [-0.15, -0.1) is 0 Å². The largest absolute Gasteiger partial charge is 0.508 e. The van der Waals surface area contributed by atoms with Gasteiger partial charge in [0.05, 0.1) is 23.0 Å². The molecule has 14 heavy (non-hydrogen) atoms. The molecule has 0 heterocycles. The van der Waals surface area contributed by atoms with Crippen LogP contribution in [0.15, 0.2) is 35.3 Å². The van der Waals surface area contributed by atoms with E-state index in [0.29, 0.717) is 0 Å². The van der Waals surface area contributed by atoms with Gasteiger partial charge >= 0.3 is 5.97 Å². The van der Waals surface area contributed by atoms with Crippen LogP contribution in [0.5, 0.6) is 0 Å². The van der Waals surface area contributed by atoms with Crippen LogP contribution in [0.3, 0.4) is 0 Å². The van der Waals surface area contributed by atoms with E-state index in [-0.39, 0.29) is 17.7 Å². The summed E-state index contributed by atoms with van der Waals surface area (Å²) in [6.07, 6.45) is 2.97. The highest BCUT2D eigenvalue weighted by atomic mass is 16.6. The lowest BCUT2D eigenvalue weighted by Crippen LogP contribution is -1.99. The van der Waals surface area contributed by atoms with Crippen LogP contribution in [0, 0.1) is 10.1 Å². The van der Waals surface area contributed by atoms with Gasteiger partial charge in [0.1, 0.15) is 5.76 Å². The van der Waals surface area contributed by atoms with Gasteiger partial charge in [0, 0.05) is 0 Å². The highest BCUT2D eigenvalue weighted by molar-refractivity contribution is 5.90. The summed E-state index contributed by atoms with van der Waals surface area (Å²) < 4.78 is 0. The fourth-order valence-electron chi connectivity index (χ4n) is 0.980. The van der Waals surface area contributed by atoms with E-state index in [1.54, 1.807) is 0 Å². The second kappa shape index (κ2) is 3.73. The van der Waals surface area contributed by atoms with Crippen LogP contribution in [0.2, 0.25) is 0 Å². The number of allylic oxidation sites excluding steroid dienone is 2. The molecular formula is C8H7NO5. The van der Waals surface area contributed by atoms with Crippen LogP contribution in [0.25, 0.3) is 0 Å². The van der Waals surface area contributed by atoms with Crippen molar-refractivity contribution in [2.24, 2.45) is 0 Å². The Balaban J connectivity index is 3.03. The lowest BCUT2D eigenvalue weighted by atomic mass is 10.2. The Hall–Kier alpha value is -2.11. The molecule has 0 fully saturated rings. The molecule has 74 valence electrons. The van der Waals surface area contributed by atoms with E-state index in [9.17, 15) is 14.9 Å². The van der Waals surface area contributed by atoms with Crippen LogP contribution in [0.4, 0.5) is 0 Å². The molecule has 0 spiro atoms. The van der Waals surface area contributed by atoms with Gasteiger partial charge in [0.15, 0.2) is 0 Å². The zero-order valence-corrected chi connectivity index (χ0v) is 7.01. The quantitative estimate of drug-likeness (QED) is 0.508. The molecule has 1 aliphatic carbocycles. The Morgan fingerprint density at radius 3 is 2.64 bits per heavy atom. The molecule has 0 aromatic rings. The van der Waals surface area contributed by atoms with Crippen molar-refractivity contribution in [1.29, 1.82) is 0 Å². The third-order valence-electron chi connectivity index (χ3n) is 1.63. The molecule has 0 unspecified atom stereocenters. The molecule has 0 radical (unpaired) electrons. The number of nitrogens with zero attached hydrogens (tertiary/aromatic N) is 1. The normalized spacial score (nSPS) is 16.1. The average Bonchev–Trinajstić information content (AvgIpc) is 2.26. The average molecular weight is 197 g/mol. The molecule has 0 amide bonds. The lowest BCUT2D eigenvalue weighted by Gasteiger charge is -1.91. The minimum atomic E-state index is -1.23. The minimum absolute atomic E-state index is 0.116. The van der Waals surface area contributed by atoms with E-state index in [0.717, 1.165) is 12.2 Å². The zero-order chi connectivity index (χ0) is 10.7. The van der Waals surface area contributed by atoms with Crippen molar-refractivity contribution < 1.29 is 19.9 Å². The number of hydrogen-bond donors (Lipinski definition) is 2. The molecule has 6 nitrogen and oxygen atoms in total. The standard InChI is InChI=1S/C8H7NO5/c10-7-3-5(8(11)12)1-2-6(4-7)9(13)14/h1,3-4,10H,2H2,(H,11,12). The van der Waals surface area contributed by atoms with Crippen LogP contribution in [-0.4, -0.2) is 21.1 Å². The monoisotopic (exact) mass is 197 g/mol. The second-order valence-corrected chi connectivity index (χ2v) is 2.63. The molecule has 0 aliphatic heterocycles. The van der Waals surface area contributed by atoms with Crippen LogP contribution < -0.4 is 0 Å². The summed E-state index contributed by atoms with van der Waals surface area (Å²) in [5.74, 6) is -1.66. The Labute approximate surface area is 78.6 Å². The second-order valence-electron chi connectivity index (χ2n) is 2.63. The maximum Gasteiger partial charge on any atom is 0.335 e. The molecule has 0 aromatic carbocycles. The fourth-order valence-corrected chi connectivity index (χ4v) is 0.980. The van der Waals surface area contributed by atoms with E-state index >= 15 is 0 Å². The number of rotatable bonds is 2. The van der Waals surface area contributed by atoms with Gasteiger partial charge in [0.2, 0.25) is 0 Å². The minimum Gasteiger partial charge on any atom is -0.508 e. The maximum absolute atomic E-state index is 10.5. The van der Waals surface area contributed by atoms with Crippen molar-refractivity contribution in [3.05, 3.63) is 45.4 Å². The predicted molar refractivity (Wildman–Crippen MR) is 46.1 cm³/mol. The van der Waals surface area contributed by atoms with Gasteiger partial charge in [-0.3, -0.25) is 10.1 Å². The Morgan fingerprint density at radius 1 is 1.50 bits per heavy atom. The van der Waals surface area contributed by atoms with Crippen molar-refractivity contribution in [2.45, 2.75) is 6.42 Å². The predicted octanol–water partition coefficient (Wildman–Crippen LogP) is 1.00. The number of aliphatic hydroxyl groups is 1. The number of hydrogen-bond acceptors (Lipinski definition) is 4. The number of nitro groups is 1. The summed E-state index contributed by atoms with van der Waals surface area (Å²) >= 11 is 0. The summed E-state index contributed by atoms with van der Waals surface area (Å²) in [5, 5.41) is 28.0. The Morgan fingerprint density at radius 2 is 2.14 bits per heavy atom. The number of carboxylic acid groups (broad SMARTS) is 1. The summed E-state index contributed by atoms with van der Waals surface area (Å²) in [4.78, 5) is 20.2. The van der Waals surface area contributed by atoms with Crippen molar-refractivity contribution in [1.82, 2.24) is 0 Å². The van der Waals surface area contributed by atoms with Gasteiger partial charge in [-0.1, -0.05) is 6.08 Å². The molecule has 2 N–H and O–H groups in total. The van der Waals surface area contributed by atoms with Gasteiger partial charge in [-0.05, 0) is 6.08 Å². The van der Waals surface area contributed by atoms with E-state index in [2.05, 4.69) is 0 Å². The highest BCUT2D eigenvalue weighted by Crippen LogP contribution is 2.15. The first kappa shape index (κ1) is 9.97. The number of carboxylic acids is 1. The Kier molecular flexibility index (Phi) is 2.66. The van der Waals surface area contributed by atoms with Crippen molar-refractivity contribution in [2.75, 3.05) is 0 Å². The van der Waals surface area contributed by atoms with Gasteiger partial charge < -0.3 is 10.2 Å². The summed E-state index contributed by atoms with van der Waals surface area (Å²) in [6.45, 7) is 0. The van der Waals surface area contributed by atoms with Crippen molar-refractivity contribution in [3.63, 3.8) is 0 Å². The first-order valence-corrected chi connectivity index (χ1v) is 3.70. The molecule has 1 rings (SSSR count). The first-order chi connectivity index (χ1) is 6.50. The summed E-state index contributed by atoms with van der Waals surface area (Å²) in [7, 11) is 0. The molecule has 0 saturated heterocycles. The zero-order valence-electron chi connectivity index (χ0n) is 7.01. The maximum atomic E-state index is 10.5. The Bertz CT molecular complexity index is 377. The summed E-state index contributed by atoms with van der Waals surface area (Å²) in [6, 6.07) is 0. The molecule has 6 heteroatoms. The van der Waals surface area contributed by atoms with Crippen LogP contribution >= 0.6 is 0 Å². The van der Waals surface area contributed by atoms with Gasteiger partial charge in [-0.2, -0.15) is 0 Å². The molecule has 1 aliphatic rings. The summed E-state index contributed by atoms with van der Waals surface area (Å²) in [5.41, 5.74) is -0.398. The molecule has 0 atom stereocenters. The van der Waals surface area contributed by atoms with E-state index < -0.39 is 16.7 Å². The van der Waals surface area contributed by atoms with Crippen LogP contribution in [-0.2, 0) is 4.79 Å². The molecule has 0 saturated carbocycles. The van der Waals surface area contributed by atoms with Gasteiger partial charge in [-0.25, -0.2) is 4.79 Å². The third-order valence-corrected chi connectivity index (χ3v) is 1.63. The smallest absolute Gasteiger partial charge is 0.335 e. The molecule has 0 aromatic heterocycles. The van der Waals surface area contributed by atoms with Crippen LogP contribution in [0.1, 0.15) is 6.42 Å². The number of carbonyl (C=O) groups is 1. The molecular weight excluding hydrogens is 190 g/mol. The number of aliphatic hydroxyl groups excluding tert-OH is 1. The van der Waals surface area contributed by atoms with E-state index in [1.807, 2.05) is 0 Å². The first-order valence-electron chi connectivity index (χ1n) is 3.70. The van der Waals surface area contributed by atoms with Crippen molar-refractivity contribution >= 4 is 5.97 Å². The SMILES string of the molecule is O=C(O)C1=CCC([N+](=O)[O-])=CC(O)=C1. The van der Waals surface area contributed by atoms with E-state index in [4.69, 9.17) is 10.2 Å². The fraction of sp³-hybridized carbons (Fsp3) is 0.125. The van der Waals surface area contributed by atoms with E-state index in [1.165, 1.54) is 6.08 Å². The lowest BCUT2D eigenvalue weighted by molar-refractivity contribution is -0.426. The highest BCUT2D eigenvalue weighted by Gasteiger charge is 2.16. The van der Waals surface area contributed by atoms with Gasteiger partial charge in [0.25, 0.3) is 5.70 Å². The topological polar surface area (TPSA) is 101 Å².